The van der Waals surface area contributed by atoms with E-state index in [-0.39, 0.29) is 0 Å². The molecule has 0 spiro atoms. The van der Waals surface area contributed by atoms with E-state index in [9.17, 15) is 0 Å². The Kier molecular flexibility index (Phi) is 7.99. The van der Waals surface area contributed by atoms with Crippen molar-refractivity contribution in [2.75, 3.05) is 0 Å². The van der Waals surface area contributed by atoms with E-state index in [1.54, 1.807) is 6.08 Å². The van der Waals surface area contributed by atoms with Gasteiger partial charge in [0.15, 0.2) is 0 Å². The Morgan fingerprint density at radius 3 is 2.64 bits per heavy atom. The molecule has 0 saturated heterocycles. The fraction of sp³-hybridized carbons (Fsp3) is 0.273. The first-order chi connectivity index (χ1) is 10.5. The van der Waals surface area contributed by atoms with Gasteiger partial charge < -0.3 is 0 Å². The smallest absolute Gasteiger partial charge is 0.00902 e. The average molecular weight is 292 g/mol. The Bertz CT molecular complexity index is 582. The minimum Gasteiger partial charge on any atom is -0.100 e. The topological polar surface area (TPSA) is 0 Å². The van der Waals surface area contributed by atoms with Gasteiger partial charge in [-0.1, -0.05) is 84.0 Å². The molecule has 0 aromatic heterocycles. The van der Waals surface area contributed by atoms with Crippen molar-refractivity contribution in [1.29, 1.82) is 0 Å². The largest absolute Gasteiger partial charge is 0.100 e. The molecule has 116 valence electrons. The van der Waals surface area contributed by atoms with E-state index >= 15 is 0 Å². The number of hydrogen-bond donors (Lipinski definition) is 0. The van der Waals surface area contributed by atoms with Crippen LogP contribution >= 0.6 is 0 Å². The summed E-state index contributed by atoms with van der Waals surface area (Å²) in [5.41, 5.74) is 5.18. The van der Waals surface area contributed by atoms with Gasteiger partial charge >= 0.3 is 0 Å². The van der Waals surface area contributed by atoms with Crippen molar-refractivity contribution in [3.8, 4) is 0 Å². The summed E-state index contributed by atoms with van der Waals surface area (Å²) in [6.45, 7) is 14.1. The van der Waals surface area contributed by atoms with Crippen LogP contribution in [0, 0.1) is 6.92 Å². The van der Waals surface area contributed by atoms with E-state index in [0.717, 1.165) is 12.8 Å². The van der Waals surface area contributed by atoms with Crippen LogP contribution in [0.5, 0.6) is 0 Å². The zero-order valence-corrected chi connectivity index (χ0v) is 14.2. The summed E-state index contributed by atoms with van der Waals surface area (Å²) in [6, 6.07) is 8.80. The molecule has 0 bridgehead atoms. The molecule has 1 unspecified atom stereocenters. The lowest BCUT2D eigenvalue weighted by Crippen LogP contribution is -1.98. The molecular formula is C22H28. The summed E-state index contributed by atoms with van der Waals surface area (Å²) in [6.07, 6.45) is 14.4. The highest BCUT2D eigenvalue weighted by Gasteiger charge is 2.10. The van der Waals surface area contributed by atoms with Gasteiger partial charge in [-0.3, -0.25) is 0 Å². The van der Waals surface area contributed by atoms with E-state index in [4.69, 9.17) is 0 Å². The second kappa shape index (κ2) is 9.78. The predicted molar refractivity (Wildman–Crippen MR) is 100 cm³/mol. The highest BCUT2D eigenvalue weighted by atomic mass is 14.1. The molecule has 0 heterocycles. The van der Waals surface area contributed by atoms with Gasteiger partial charge in [0.05, 0.1) is 0 Å². The molecule has 1 atom stereocenters. The van der Waals surface area contributed by atoms with Crippen molar-refractivity contribution >= 4 is 0 Å². The number of benzene rings is 1. The molecule has 0 radical (unpaired) electrons. The quantitative estimate of drug-likeness (QED) is 0.370. The minimum absolute atomic E-state index is 0.506. The van der Waals surface area contributed by atoms with Crippen molar-refractivity contribution in [3.63, 3.8) is 0 Å². The van der Waals surface area contributed by atoms with Crippen LogP contribution in [-0.2, 0) is 0 Å². The van der Waals surface area contributed by atoms with Crippen LogP contribution < -0.4 is 0 Å². The van der Waals surface area contributed by atoms with Gasteiger partial charge in [0.1, 0.15) is 0 Å². The zero-order chi connectivity index (χ0) is 16.4. The maximum atomic E-state index is 4.08. The Balaban J connectivity index is 2.76. The molecule has 0 nitrogen and oxygen atoms in total. The monoisotopic (exact) mass is 292 g/mol. The first-order valence-corrected chi connectivity index (χ1v) is 7.86. The summed E-state index contributed by atoms with van der Waals surface area (Å²) < 4.78 is 0. The summed E-state index contributed by atoms with van der Waals surface area (Å²) in [4.78, 5) is 0. The third kappa shape index (κ3) is 7.08. The first-order valence-electron chi connectivity index (χ1n) is 7.86. The molecule has 0 N–H and O–H groups in total. The summed E-state index contributed by atoms with van der Waals surface area (Å²) in [5, 5.41) is 0. The Labute approximate surface area is 136 Å². The molecule has 0 aliphatic rings. The molecule has 0 heteroatoms. The maximum absolute atomic E-state index is 4.08. The third-order valence-electron chi connectivity index (χ3n) is 3.52. The van der Waals surface area contributed by atoms with Crippen molar-refractivity contribution in [1.82, 2.24) is 0 Å². The maximum Gasteiger partial charge on any atom is -0.00902 e. The molecule has 1 aromatic carbocycles. The Morgan fingerprint density at radius 1 is 1.23 bits per heavy atom. The molecule has 0 saturated carbocycles. The van der Waals surface area contributed by atoms with E-state index < -0.39 is 0 Å². The fourth-order valence-corrected chi connectivity index (χ4v) is 2.42. The number of rotatable bonds is 8. The molecule has 0 aliphatic heterocycles. The van der Waals surface area contributed by atoms with E-state index in [1.165, 1.54) is 22.3 Å². The Morgan fingerprint density at radius 2 is 2.00 bits per heavy atom. The summed E-state index contributed by atoms with van der Waals surface area (Å²) in [7, 11) is 0. The van der Waals surface area contributed by atoms with Gasteiger partial charge in [-0.2, -0.15) is 0 Å². The lowest BCUT2D eigenvalue weighted by atomic mass is 9.89. The highest BCUT2D eigenvalue weighted by Crippen LogP contribution is 2.27. The van der Waals surface area contributed by atoms with Crippen LogP contribution in [0.1, 0.15) is 43.7 Å². The average Bonchev–Trinajstić information content (AvgIpc) is 2.47. The first kappa shape index (κ1) is 18.0. The second-order valence-corrected chi connectivity index (χ2v) is 5.94. The van der Waals surface area contributed by atoms with Crippen molar-refractivity contribution < 1.29 is 0 Å². The molecule has 0 amide bonds. The number of allylic oxidation sites excluding steroid dienone is 8. The lowest BCUT2D eigenvalue weighted by Gasteiger charge is -2.16. The van der Waals surface area contributed by atoms with Crippen molar-refractivity contribution in [2.24, 2.45) is 0 Å². The van der Waals surface area contributed by atoms with Crippen molar-refractivity contribution in [3.05, 3.63) is 96.2 Å². The standard InChI is InChI=1S/C22H28/c1-6-7-11-19(4)12-8-9-14-21(16-18(2)3)22-15-10-13-20(5)17-22/h6-13,15,17,21H,1-2,14,16H2,3-5H3/b9-8-,11-7+,19-12-. The van der Waals surface area contributed by atoms with Crippen molar-refractivity contribution in [2.45, 2.75) is 39.5 Å². The van der Waals surface area contributed by atoms with Gasteiger partial charge in [-0.15, -0.1) is 6.58 Å². The predicted octanol–water partition coefficient (Wildman–Crippen LogP) is 6.68. The van der Waals surface area contributed by atoms with Crippen LogP contribution in [0.2, 0.25) is 0 Å². The number of aryl methyl sites for hydroxylation is 1. The molecule has 0 aliphatic carbocycles. The third-order valence-corrected chi connectivity index (χ3v) is 3.52. The minimum atomic E-state index is 0.506. The fourth-order valence-electron chi connectivity index (χ4n) is 2.42. The molecule has 1 aromatic rings. The van der Waals surface area contributed by atoms with Gasteiger partial charge in [0, 0.05) is 0 Å². The number of hydrogen-bond acceptors (Lipinski definition) is 0. The normalized spacial score (nSPS) is 13.7. The lowest BCUT2D eigenvalue weighted by molar-refractivity contribution is 0.691. The molecule has 0 fully saturated rings. The molecular weight excluding hydrogens is 264 g/mol. The van der Waals surface area contributed by atoms with Crippen LogP contribution in [0.3, 0.4) is 0 Å². The van der Waals surface area contributed by atoms with Crippen LogP contribution in [0.15, 0.2) is 85.0 Å². The summed E-state index contributed by atoms with van der Waals surface area (Å²) in [5.74, 6) is 0.506. The zero-order valence-electron chi connectivity index (χ0n) is 14.2. The van der Waals surface area contributed by atoms with E-state index in [2.05, 4.69) is 82.5 Å². The molecule has 22 heavy (non-hydrogen) atoms. The second-order valence-electron chi connectivity index (χ2n) is 5.94. The van der Waals surface area contributed by atoms with Gasteiger partial charge in [0.25, 0.3) is 0 Å². The van der Waals surface area contributed by atoms with Crippen LogP contribution in [0.25, 0.3) is 0 Å². The van der Waals surface area contributed by atoms with Gasteiger partial charge in [-0.25, -0.2) is 0 Å². The molecule has 1 rings (SSSR count). The van der Waals surface area contributed by atoms with E-state index in [0.29, 0.717) is 5.92 Å². The van der Waals surface area contributed by atoms with Crippen LogP contribution in [-0.4, -0.2) is 0 Å². The van der Waals surface area contributed by atoms with Gasteiger partial charge in [0.2, 0.25) is 0 Å². The Hall–Kier alpha value is -2.08. The summed E-state index contributed by atoms with van der Waals surface area (Å²) >= 11 is 0. The van der Waals surface area contributed by atoms with Crippen LogP contribution in [0.4, 0.5) is 0 Å². The SMILES string of the molecule is C=C/C=C/C(C)=C\C=C/CC(CC(=C)C)c1cccc(C)c1. The highest BCUT2D eigenvalue weighted by molar-refractivity contribution is 5.28. The van der Waals surface area contributed by atoms with Gasteiger partial charge in [-0.05, 0) is 45.1 Å². The van der Waals surface area contributed by atoms with E-state index in [1.807, 2.05) is 6.08 Å².